The lowest BCUT2D eigenvalue weighted by atomic mass is 9.84. The number of fused-ring (bicyclic) bond motifs is 2. The van der Waals surface area contributed by atoms with E-state index in [0.717, 1.165) is 0 Å². The van der Waals surface area contributed by atoms with Crippen LogP contribution >= 0.6 is 0 Å². The van der Waals surface area contributed by atoms with Crippen molar-refractivity contribution in [3.63, 3.8) is 0 Å². The van der Waals surface area contributed by atoms with E-state index in [9.17, 15) is 29.9 Å². The van der Waals surface area contributed by atoms with E-state index in [-0.39, 0.29) is 27.5 Å². The maximum Gasteiger partial charge on any atom is 0.344 e. The van der Waals surface area contributed by atoms with Crippen molar-refractivity contribution in [2.75, 3.05) is 0 Å². The summed E-state index contributed by atoms with van der Waals surface area (Å²) in [6.07, 6.45) is 0. The van der Waals surface area contributed by atoms with E-state index in [1.54, 1.807) is 24.3 Å². The first-order chi connectivity index (χ1) is 16.4. The van der Waals surface area contributed by atoms with Gasteiger partial charge in [-0.1, -0.05) is 42.5 Å². The van der Waals surface area contributed by atoms with Crippen LogP contribution in [0.4, 0.5) is 5.69 Å². The first-order valence-corrected chi connectivity index (χ1v) is 10.1. The summed E-state index contributed by atoms with van der Waals surface area (Å²) in [6, 6.07) is 17.8. The number of nitro groups is 1. The molecule has 0 aliphatic carbocycles. The molecule has 5 aromatic rings. The number of nitrogens with zero attached hydrogens (tertiary/aromatic N) is 1. The zero-order chi connectivity index (χ0) is 24.0. The van der Waals surface area contributed by atoms with Crippen LogP contribution in [0.25, 0.3) is 21.9 Å². The van der Waals surface area contributed by atoms with Crippen LogP contribution in [-0.4, -0.2) is 15.1 Å². The summed E-state index contributed by atoms with van der Waals surface area (Å²) < 4.78 is 10.7. The third kappa shape index (κ3) is 3.18. The van der Waals surface area contributed by atoms with Gasteiger partial charge in [-0.3, -0.25) is 10.1 Å². The predicted molar refractivity (Wildman–Crippen MR) is 122 cm³/mol. The number of rotatable bonds is 4. The van der Waals surface area contributed by atoms with Crippen molar-refractivity contribution in [3.8, 4) is 11.5 Å². The number of benzene rings is 3. The van der Waals surface area contributed by atoms with E-state index in [4.69, 9.17) is 8.83 Å². The molecule has 2 aromatic heterocycles. The monoisotopic (exact) mass is 457 g/mol. The molecule has 0 atom stereocenters. The summed E-state index contributed by atoms with van der Waals surface area (Å²) in [6.45, 7) is 0. The molecule has 0 unspecified atom stereocenters. The molecule has 0 amide bonds. The molecular weight excluding hydrogens is 442 g/mol. The Morgan fingerprint density at radius 2 is 1.15 bits per heavy atom. The normalized spacial score (nSPS) is 11.3. The van der Waals surface area contributed by atoms with Gasteiger partial charge in [0.1, 0.15) is 22.7 Å². The Morgan fingerprint density at radius 3 is 1.65 bits per heavy atom. The minimum absolute atomic E-state index is 0.0878. The van der Waals surface area contributed by atoms with Gasteiger partial charge in [-0.05, 0) is 24.3 Å². The van der Waals surface area contributed by atoms with E-state index in [1.807, 2.05) is 0 Å². The van der Waals surface area contributed by atoms with Crippen LogP contribution in [0, 0.1) is 10.1 Å². The molecular formula is C25H15NO8. The Balaban J connectivity index is 1.96. The van der Waals surface area contributed by atoms with Crippen molar-refractivity contribution in [3.05, 3.63) is 120 Å². The number of nitro benzene ring substituents is 1. The highest BCUT2D eigenvalue weighted by Gasteiger charge is 2.36. The van der Waals surface area contributed by atoms with E-state index >= 15 is 0 Å². The van der Waals surface area contributed by atoms with E-state index in [2.05, 4.69) is 0 Å². The van der Waals surface area contributed by atoms with Gasteiger partial charge >= 0.3 is 11.3 Å². The second-order valence-corrected chi connectivity index (χ2v) is 7.54. The van der Waals surface area contributed by atoms with Crippen LogP contribution in [0.2, 0.25) is 0 Å². The fourth-order valence-electron chi connectivity index (χ4n) is 4.16. The third-order valence-corrected chi connectivity index (χ3v) is 5.66. The minimum Gasteiger partial charge on any atom is -0.507 e. The Hall–Kier alpha value is -4.92. The van der Waals surface area contributed by atoms with Crippen molar-refractivity contribution >= 4 is 27.6 Å². The molecule has 0 aliphatic heterocycles. The second-order valence-electron chi connectivity index (χ2n) is 7.54. The largest absolute Gasteiger partial charge is 0.507 e. The predicted octanol–water partition coefficient (Wildman–Crippen LogP) is 4.40. The molecule has 2 N–H and O–H groups in total. The minimum atomic E-state index is -1.57. The Bertz CT molecular complexity index is 1620. The van der Waals surface area contributed by atoms with Crippen LogP contribution in [0.15, 0.2) is 91.2 Å². The van der Waals surface area contributed by atoms with Crippen molar-refractivity contribution < 1.29 is 24.0 Å². The average molecular weight is 457 g/mol. The highest BCUT2D eigenvalue weighted by Crippen LogP contribution is 2.44. The van der Waals surface area contributed by atoms with Gasteiger partial charge < -0.3 is 19.0 Å². The summed E-state index contributed by atoms with van der Waals surface area (Å²) in [5.74, 6) is -2.62. The van der Waals surface area contributed by atoms with Crippen molar-refractivity contribution in [2.45, 2.75) is 5.92 Å². The van der Waals surface area contributed by atoms with Crippen molar-refractivity contribution in [1.29, 1.82) is 0 Å². The molecule has 2 heterocycles. The van der Waals surface area contributed by atoms with Crippen molar-refractivity contribution in [2.24, 2.45) is 0 Å². The van der Waals surface area contributed by atoms with Crippen LogP contribution < -0.4 is 11.3 Å². The number of aromatic hydroxyl groups is 2. The molecule has 168 valence electrons. The lowest BCUT2D eigenvalue weighted by molar-refractivity contribution is -0.385. The van der Waals surface area contributed by atoms with Gasteiger partial charge in [0.2, 0.25) is 0 Å². The zero-order valence-electron chi connectivity index (χ0n) is 17.3. The summed E-state index contributed by atoms with van der Waals surface area (Å²) >= 11 is 0. The lowest BCUT2D eigenvalue weighted by Crippen LogP contribution is -2.22. The molecule has 9 nitrogen and oxygen atoms in total. The molecule has 9 heteroatoms. The molecule has 0 aliphatic rings. The summed E-state index contributed by atoms with van der Waals surface area (Å²) in [4.78, 5) is 37.3. The molecule has 5 rings (SSSR count). The Morgan fingerprint density at radius 1 is 0.706 bits per heavy atom. The smallest absolute Gasteiger partial charge is 0.344 e. The number of para-hydroxylation sites is 3. The maximum absolute atomic E-state index is 13.1. The fourth-order valence-corrected chi connectivity index (χ4v) is 4.16. The molecule has 0 spiro atoms. The van der Waals surface area contributed by atoms with Gasteiger partial charge in [-0.25, -0.2) is 9.59 Å². The zero-order valence-corrected chi connectivity index (χ0v) is 17.3. The second kappa shape index (κ2) is 7.89. The lowest BCUT2D eigenvalue weighted by Gasteiger charge is -2.19. The SMILES string of the molecule is O=c1oc2ccccc2c(O)c1C(c1ccccc1[N+](=O)[O-])c1c(O)c2ccccc2oc1=O. The van der Waals surface area contributed by atoms with Crippen LogP contribution in [0.5, 0.6) is 11.5 Å². The summed E-state index contributed by atoms with van der Waals surface area (Å²) in [5.41, 5.74) is -3.28. The van der Waals surface area contributed by atoms with Gasteiger partial charge in [-0.15, -0.1) is 0 Å². The molecule has 0 saturated carbocycles. The first kappa shape index (κ1) is 21.0. The fraction of sp³-hybridized carbons (Fsp3) is 0.0400. The van der Waals surface area contributed by atoms with Crippen LogP contribution in [0.3, 0.4) is 0 Å². The maximum atomic E-state index is 13.1. The number of hydrogen-bond donors (Lipinski definition) is 2. The molecule has 0 fully saturated rings. The Kier molecular flexibility index (Phi) is 4.86. The van der Waals surface area contributed by atoms with E-state index < -0.39 is 50.4 Å². The molecule has 3 aromatic carbocycles. The highest BCUT2D eigenvalue weighted by atomic mass is 16.6. The van der Waals surface area contributed by atoms with Gasteiger partial charge in [0.25, 0.3) is 5.69 Å². The molecule has 34 heavy (non-hydrogen) atoms. The standard InChI is InChI=1S/C25H15NO8/c27-22-14-8-2-5-11-17(14)33-24(29)20(22)19(13-7-1-4-10-16(13)26(31)32)21-23(28)15-9-3-6-12-18(15)34-25(21)30/h1-12,19,27-28H. The van der Waals surface area contributed by atoms with Gasteiger partial charge in [0, 0.05) is 11.6 Å². The van der Waals surface area contributed by atoms with Crippen LogP contribution in [-0.2, 0) is 0 Å². The highest BCUT2D eigenvalue weighted by molar-refractivity contribution is 5.87. The quantitative estimate of drug-likeness (QED) is 0.230. The van der Waals surface area contributed by atoms with Gasteiger partial charge in [-0.2, -0.15) is 0 Å². The number of hydrogen-bond acceptors (Lipinski definition) is 8. The molecule has 0 radical (unpaired) electrons. The first-order valence-electron chi connectivity index (χ1n) is 10.1. The van der Waals surface area contributed by atoms with Crippen molar-refractivity contribution in [1.82, 2.24) is 0 Å². The molecule has 0 saturated heterocycles. The van der Waals surface area contributed by atoms with Gasteiger partial charge in [0.15, 0.2) is 0 Å². The topological polar surface area (TPSA) is 144 Å². The summed E-state index contributed by atoms with van der Waals surface area (Å²) in [7, 11) is 0. The average Bonchev–Trinajstić information content (AvgIpc) is 2.83. The van der Waals surface area contributed by atoms with Gasteiger partial charge in [0.05, 0.1) is 32.7 Å². The third-order valence-electron chi connectivity index (χ3n) is 5.66. The summed E-state index contributed by atoms with van der Waals surface area (Å²) in [5, 5.41) is 34.4. The van der Waals surface area contributed by atoms with E-state index in [0.29, 0.717) is 0 Å². The van der Waals surface area contributed by atoms with Crippen LogP contribution in [0.1, 0.15) is 22.6 Å². The Labute approximate surface area is 189 Å². The van der Waals surface area contributed by atoms with E-state index in [1.165, 1.54) is 48.5 Å². The molecule has 0 bridgehead atoms.